The summed E-state index contributed by atoms with van der Waals surface area (Å²) in [5, 5.41) is 0. The molecular weight excluding hydrogens is 318 g/mol. The zero-order valence-electron chi connectivity index (χ0n) is 14.0. The average molecular weight is 339 g/mol. The lowest BCUT2D eigenvalue weighted by atomic mass is 10.0. The van der Waals surface area contributed by atoms with Gasteiger partial charge in [-0.2, -0.15) is 0 Å². The fourth-order valence-electron chi connectivity index (χ4n) is 4.21. The number of carbonyl (C=O) groups excluding carboxylic acids is 1. The van der Waals surface area contributed by atoms with Crippen molar-refractivity contribution in [3.8, 4) is 11.5 Å². The molecule has 0 unspecified atom stereocenters. The molecule has 1 amide bonds. The minimum Gasteiger partial charge on any atom is -0.486 e. The van der Waals surface area contributed by atoms with Crippen LogP contribution in [0.15, 0.2) is 41.0 Å². The molecule has 1 aliphatic carbocycles. The fraction of sp³-hybridized carbons (Fsp3) is 0.450. The molecule has 5 nitrogen and oxygen atoms in total. The largest absolute Gasteiger partial charge is 0.486 e. The van der Waals surface area contributed by atoms with Crippen LogP contribution in [-0.2, 0) is 4.79 Å². The first kappa shape index (κ1) is 14.9. The van der Waals surface area contributed by atoms with Crippen molar-refractivity contribution < 1.29 is 18.7 Å². The van der Waals surface area contributed by atoms with E-state index in [-0.39, 0.29) is 23.8 Å². The summed E-state index contributed by atoms with van der Waals surface area (Å²) in [4.78, 5) is 15.1. The second-order valence-electron chi connectivity index (χ2n) is 7.03. The molecule has 1 saturated heterocycles. The molecule has 5 heteroatoms. The third-order valence-corrected chi connectivity index (χ3v) is 5.51. The first-order chi connectivity index (χ1) is 12.3. The summed E-state index contributed by atoms with van der Waals surface area (Å²) in [7, 11) is 0. The van der Waals surface area contributed by atoms with Gasteiger partial charge in [-0.1, -0.05) is 12.1 Å². The third kappa shape index (κ3) is 2.49. The molecule has 1 aromatic heterocycles. The van der Waals surface area contributed by atoms with Gasteiger partial charge in [0, 0.05) is 23.9 Å². The van der Waals surface area contributed by atoms with Crippen LogP contribution in [0.4, 0.5) is 0 Å². The number of hydrogen-bond donors (Lipinski definition) is 0. The maximum atomic E-state index is 13.1. The van der Waals surface area contributed by atoms with Crippen LogP contribution < -0.4 is 9.47 Å². The van der Waals surface area contributed by atoms with E-state index in [1.54, 1.807) is 6.26 Å². The van der Waals surface area contributed by atoms with Gasteiger partial charge >= 0.3 is 0 Å². The number of ether oxygens (including phenoxy) is 2. The molecular formula is C20H21NO4. The van der Waals surface area contributed by atoms with Crippen LogP contribution in [0.1, 0.15) is 42.5 Å². The smallest absolute Gasteiger partial charge is 0.226 e. The van der Waals surface area contributed by atoms with E-state index in [1.165, 1.54) is 0 Å². The van der Waals surface area contributed by atoms with Crippen molar-refractivity contribution in [2.24, 2.45) is 5.92 Å². The molecule has 130 valence electrons. The zero-order chi connectivity index (χ0) is 16.8. The molecule has 0 N–H and O–H groups in total. The van der Waals surface area contributed by atoms with Gasteiger partial charge < -0.3 is 18.8 Å². The van der Waals surface area contributed by atoms with Crippen molar-refractivity contribution in [2.75, 3.05) is 19.8 Å². The minimum absolute atomic E-state index is 0.0588. The molecule has 2 aliphatic heterocycles. The monoisotopic (exact) mass is 339 g/mol. The second-order valence-corrected chi connectivity index (χ2v) is 7.03. The van der Waals surface area contributed by atoms with E-state index in [1.807, 2.05) is 29.2 Å². The summed E-state index contributed by atoms with van der Waals surface area (Å²) in [6.07, 6.45) is 4.58. The zero-order valence-corrected chi connectivity index (χ0v) is 14.0. The minimum atomic E-state index is 0.0588. The van der Waals surface area contributed by atoms with Crippen LogP contribution in [0, 0.1) is 5.92 Å². The van der Waals surface area contributed by atoms with Crippen molar-refractivity contribution in [1.29, 1.82) is 0 Å². The molecule has 0 radical (unpaired) electrons. The summed E-state index contributed by atoms with van der Waals surface area (Å²) in [6.45, 7) is 1.96. The number of amides is 1. The molecule has 1 aromatic carbocycles. The average Bonchev–Trinajstić information content (AvgIpc) is 3.07. The maximum absolute atomic E-state index is 13.1. The summed E-state index contributed by atoms with van der Waals surface area (Å²) >= 11 is 0. The molecule has 3 heterocycles. The summed E-state index contributed by atoms with van der Waals surface area (Å²) in [6, 6.07) is 9.95. The predicted molar refractivity (Wildman–Crippen MR) is 90.7 cm³/mol. The van der Waals surface area contributed by atoms with Gasteiger partial charge in [0.25, 0.3) is 0 Å². The fourth-order valence-corrected chi connectivity index (χ4v) is 4.21. The molecule has 25 heavy (non-hydrogen) atoms. The Kier molecular flexibility index (Phi) is 3.47. The van der Waals surface area contributed by atoms with Gasteiger partial charge in [-0.15, -0.1) is 0 Å². The van der Waals surface area contributed by atoms with E-state index in [2.05, 4.69) is 6.07 Å². The van der Waals surface area contributed by atoms with Crippen LogP contribution in [0.3, 0.4) is 0 Å². The summed E-state index contributed by atoms with van der Waals surface area (Å²) < 4.78 is 17.1. The first-order valence-electron chi connectivity index (χ1n) is 9.05. The van der Waals surface area contributed by atoms with Gasteiger partial charge in [-0.3, -0.25) is 4.79 Å². The molecule has 3 atom stereocenters. The van der Waals surface area contributed by atoms with Crippen LogP contribution in [0.5, 0.6) is 11.5 Å². The summed E-state index contributed by atoms with van der Waals surface area (Å²) in [5.41, 5.74) is 1.08. The van der Waals surface area contributed by atoms with Gasteiger partial charge in [0.15, 0.2) is 11.5 Å². The third-order valence-electron chi connectivity index (χ3n) is 5.51. The van der Waals surface area contributed by atoms with E-state index in [0.717, 1.165) is 48.6 Å². The van der Waals surface area contributed by atoms with Gasteiger partial charge in [0.05, 0.1) is 12.3 Å². The normalized spacial score (nSPS) is 27.4. The molecule has 2 fully saturated rings. The van der Waals surface area contributed by atoms with E-state index < -0.39 is 0 Å². The van der Waals surface area contributed by atoms with Crippen molar-refractivity contribution in [3.63, 3.8) is 0 Å². The number of likely N-dealkylation sites (tertiary alicyclic amines) is 1. The number of benzene rings is 1. The Bertz CT molecular complexity index is 785. The van der Waals surface area contributed by atoms with Crippen molar-refractivity contribution >= 4 is 5.91 Å². The number of rotatable bonds is 3. The van der Waals surface area contributed by atoms with Crippen molar-refractivity contribution in [2.45, 2.75) is 31.2 Å². The summed E-state index contributed by atoms with van der Waals surface area (Å²) in [5.74, 6) is 3.09. The Morgan fingerprint density at radius 3 is 2.92 bits per heavy atom. The van der Waals surface area contributed by atoms with Crippen molar-refractivity contribution in [3.05, 3.63) is 47.9 Å². The topological polar surface area (TPSA) is 51.9 Å². The Morgan fingerprint density at radius 2 is 2.04 bits per heavy atom. The van der Waals surface area contributed by atoms with E-state index >= 15 is 0 Å². The number of nitrogens with zero attached hydrogens (tertiary/aromatic N) is 1. The van der Waals surface area contributed by atoms with E-state index in [9.17, 15) is 4.79 Å². The molecule has 0 bridgehead atoms. The molecule has 5 rings (SSSR count). The highest BCUT2D eigenvalue weighted by Crippen LogP contribution is 2.51. The molecule has 2 aromatic rings. The first-order valence-corrected chi connectivity index (χ1v) is 9.05. The van der Waals surface area contributed by atoms with Crippen LogP contribution in [-0.4, -0.2) is 30.6 Å². The Hall–Kier alpha value is -2.43. The highest BCUT2D eigenvalue weighted by atomic mass is 16.6. The number of para-hydroxylation sites is 1. The van der Waals surface area contributed by atoms with Gasteiger partial charge in [0.2, 0.25) is 5.91 Å². The Morgan fingerprint density at radius 1 is 1.12 bits per heavy atom. The van der Waals surface area contributed by atoms with Crippen LogP contribution >= 0.6 is 0 Å². The second kappa shape index (κ2) is 5.83. The van der Waals surface area contributed by atoms with Gasteiger partial charge in [-0.05, 0) is 37.5 Å². The maximum Gasteiger partial charge on any atom is 0.226 e. The Balaban J connectivity index is 1.39. The highest BCUT2D eigenvalue weighted by Gasteiger charge is 2.49. The van der Waals surface area contributed by atoms with Gasteiger partial charge in [-0.25, -0.2) is 0 Å². The lowest BCUT2D eigenvalue weighted by molar-refractivity contribution is -0.133. The quantitative estimate of drug-likeness (QED) is 0.858. The lowest BCUT2D eigenvalue weighted by Gasteiger charge is -2.29. The van der Waals surface area contributed by atoms with E-state index in [0.29, 0.717) is 13.2 Å². The van der Waals surface area contributed by atoms with E-state index in [4.69, 9.17) is 13.9 Å². The van der Waals surface area contributed by atoms with Crippen LogP contribution in [0.2, 0.25) is 0 Å². The van der Waals surface area contributed by atoms with Crippen molar-refractivity contribution in [1.82, 2.24) is 4.90 Å². The standard InChI is InChI=1S/C20H21NO4/c22-20(15-12-14(15)17-7-3-9-23-17)21-8-2-5-16(21)13-4-1-6-18-19(13)25-11-10-24-18/h1,3-4,6-7,9,14-16H,2,5,8,10-12H2/t14-,15-,16-/m1/s1. The predicted octanol–water partition coefficient (Wildman–Crippen LogP) is 3.52. The molecule has 3 aliphatic rings. The number of furan rings is 1. The Labute approximate surface area is 146 Å². The number of fused-ring (bicyclic) bond motifs is 1. The van der Waals surface area contributed by atoms with Gasteiger partial charge in [0.1, 0.15) is 19.0 Å². The number of carbonyl (C=O) groups is 1. The highest BCUT2D eigenvalue weighted by molar-refractivity contribution is 5.83. The lowest BCUT2D eigenvalue weighted by Crippen LogP contribution is -2.32. The van der Waals surface area contributed by atoms with Crippen LogP contribution in [0.25, 0.3) is 0 Å². The molecule has 0 spiro atoms. The number of hydrogen-bond acceptors (Lipinski definition) is 4. The molecule has 1 saturated carbocycles. The SMILES string of the molecule is O=C([C@@H]1C[C@H]1c1ccco1)N1CCC[C@@H]1c1cccc2c1OCCO2.